The molecule has 0 bridgehead atoms. The Morgan fingerprint density at radius 1 is 1.17 bits per heavy atom. The first-order valence-corrected chi connectivity index (χ1v) is 10.7. The van der Waals surface area contributed by atoms with E-state index in [0.29, 0.717) is 6.61 Å². The molecule has 1 N–H and O–H groups in total. The topological polar surface area (TPSA) is 54.8 Å². The first-order chi connectivity index (χ1) is 14.1. The Labute approximate surface area is 175 Å². The summed E-state index contributed by atoms with van der Waals surface area (Å²) in [5.74, 6) is 0.741. The molecule has 1 heterocycles. The fraction of sp³-hybridized carbons (Fsp3) is 0.348. The Balaban J connectivity index is 1.54. The molecule has 4 rings (SSSR count). The van der Waals surface area contributed by atoms with E-state index in [1.54, 1.807) is 11.3 Å². The van der Waals surface area contributed by atoms with Crippen LogP contribution in [0.4, 0.5) is 5.69 Å². The van der Waals surface area contributed by atoms with E-state index < -0.39 is 6.10 Å². The molecule has 29 heavy (non-hydrogen) atoms. The van der Waals surface area contributed by atoms with Gasteiger partial charge in [0.05, 0.1) is 28.8 Å². The van der Waals surface area contributed by atoms with E-state index in [2.05, 4.69) is 6.07 Å². The molecule has 0 radical (unpaired) electrons. The smallest absolute Gasteiger partial charge is 0.189 e. The fourth-order valence-electron chi connectivity index (χ4n) is 3.44. The molecule has 1 aliphatic carbocycles. The summed E-state index contributed by atoms with van der Waals surface area (Å²) < 4.78 is 11.7. The first kappa shape index (κ1) is 19.9. The van der Waals surface area contributed by atoms with E-state index in [1.165, 1.54) is 0 Å². The zero-order valence-corrected chi connectivity index (χ0v) is 17.6. The van der Waals surface area contributed by atoms with Gasteiger partial charge in [-0.2, -0.15) is 0 Å². The Hall–Kier alpha value is -2.41. The molecule has 6 heteroatoms. The minimum atomic E-state index is -0.398. The zero-order valence-electron chi connectivity index (χ0n) is 16.8. The number of benzene rings is 2. The number of aromatic nitrogens is 1. The van der Waals surface area contributed by atoms with E-state index in [1.807, 2.05) is 61.5 Å². The van der Waals surface area contributed by atoms with E-state index in [4.69, 9.17) is 14.5 Å². The average Bonchev–Trinajstić information content (AvgIpc) is 3.17. The molecule has 0 fully saturated rings. The molecule has 3 aromatic rings. The number of anilines is 1. The normalized spacial score (nSPS) is 15.8. The molecule has 2 aromatic carbocycles. The van der Waals surface area contributed by atoms with Crippen molar-refractivity contribution in [3.8, 4) is 16.3 Å². The molecule has 152 valence electrons. The number of rotatable bonds is 7. The van der Waals surface area contributed by atoms with E-state index >= 15 is 0 Å². The zero-order chi connectivity index (χ0) is 20.2. The largest absolute Gasteiger partial charge is 0.467 e. The molecule has 0 saturated heterocycles. The van der Waals surface area contributed by atoms with Gasteiger partial charge in [0, 0.05) is 25.8 Å². The summed E-state index contributed by atoms with van der Waals surface area (Å²) in [7, 11) is 4.01. The van der Waals surface area contributed by atoms with Crippen molar-refractivity contribution >= 4 is 17.0 Å². The summed E-state index contributed by atoms with van der Waals surface area (Å²) >= 11 is 1.57. The van der Waals surface area contributed by atoms with Crippen molar-refractivity contribution in [2.45, 2.75) is 32.0 Å². The predicted octanol–water partition coefficient (Wildman–Crippen LogP) is 4.80. The molecular formula is C23H26N2O3S. The second-order valence-corrected chi connectivity index (χ2v) is 8.44. The molecule has 0 amide bonds. The molecule has 5 nitrogen and oxygen atoms in total. The first-order valence-electron chi connectivity index (χ1n) is 9.85. The van der Waals surface area contributed by atoms with Gasteiger partial charge in [-0.25, -0.2) is 4.98 Å². The van der Waals surface area contributed by atoms with E-state index in [0.717, 1.165) is 57.4 Å². The number of ether oxygens (including phenoxy) is 2. The van der Waals surface area contributed by atoms with Gasteiger partial charge >= 0.3 is 0 Å². The van der Waals surface area contributed by atoms with Crippen LogP contribution < -0.4 is 9.64 Å². The van der Waals surface area contributed by atoms with Gasteiger partial charge in [-0.1, -0.05) is 30.3 Å². The minimum Gasteiger partial charge on any atom is -0.467 e. The highest BCUT2D eigenvalue weighted by Crippen LogP contribution is 2.41. The maximum atomic E-state index is 10.3. The summed E-state index contributed by atoms with van der Waals surface area (Å²) in [5.41, 5.74) is 4.12. The summed E-state index contributed by atoms with van der Waals surface area (Å²) in [6, 6.07) is 16.2. The van der Waals surface area contributed by atoms with Gasteiger partial charge in [-0.05, 0) is 37.0 Å². The number of hydrogen-bond donors (Lipinski definition) is 1. The third-order valence-corrected chi connectivity index (χ3v) is 6.27. The maximum Gasteiger partial charge on any atom is 0.189 e. The second kappa shape index (κ2) is 8.95. The van der Waals surface area contributed by atoms with Crippen molar-refractivity contribution < 1.29 is 14.6 Å². The SMILES string of the molecule is CN(C)c1ccc(-c2nc3c(s2)C(O)CCC3)c(OCOCc2ccccc2)c1. The molecule has 0 saturated carbocycles. The van der Waals surface area contributed by atoms with Gasteiger partial charge in [0.15, 0.2) is 6.79 Å². The molecule has 1 aliphatic rings. The number of hydrogen-bond acceptors (Lipinski definition) is 6. The highest BCUT2D eigenvalue weighted by Gasteiger charge is 2.24. The lowest BCUT2D eigenvalue weighted by Crippen LogP contribution is -2.09. The number of aryl methyl sites for hydroxylation is 1. The Morgan fingerprint density at radius 2 is 2.00 bits per heavy atom. The second-order valence-electron chi connectivity index (χ2n) is 7.41. The van der Waals surface area contributed by atoms with Crippen LogP contribution in [0.25, 0.3) is 10.6 Å². The number of aliphatic hydroxyl groups excluding tert-OH is 1. The van der Waals surface area contributed by atoms with Crippen molar-refractivity contribution in [3.05, 3.63) is 64.7 Å². The molecule has 1 atom stereocenters. The lowest BCUT2D eigenvalue weighted by Gasteiger charge is -2.16. The third kappa shape index (κ3) is 4.61. The number of thiazole rings is 1. The molecule has 1 unspecified atom stereocenters. The van der Waals surface area contributed by atoms with Gasteiger partial charge in [-0.3, -0.25) is 0 Å². The van der Waals surface area contributed by atoms with Crippen molar-refractivity contribution in [3.63, 3.8) is 0 Å². The fourth-order valence-corrected chi connectivity index (χ4v) is 4.60. The van der Waals surface area contributed by atoms with Crippen LogP contribution in [0.15, 0.2) is 48.5 Å². The summed E-state index contributed by atoms with van der Waals surface area (Å²) in [6.45, 7) is 0.660. The van der Waals surface area contributed by atoms with E-state index in [9.17, 15) is 5.11 Å². The highest BCUT2D eigenvalue weighted by molar-refractivity contribution is 7.15. The standard InChI is InChI=1S/C23H26N2O3S/c1-25(2)17-11-12-18(23-24-19-9-6-10-20(26)22(19)29-23)21(13-17)28-15-27-14-16-7-4-3-5-8-16/h3-5,7-8,11-13,20,26H,6,9-10,14-15H2,1-2H3. The monoisotopic (exact) mass is 410 g/mol. The molecule has 1 aromatic heterocycles. The highest BCUT2D eigenvalue weighted by atomic mass is 32.1. The van der Waals surface area contributed by atoms with Gasteiger partial charge in [0.1, 0.15) is 10.8 Å². The van der Waals surface area contributed by atoms with Crippen molar-refractivity contribution in [2.24, 2.45) is 0 Å². The number of fused-ring (bicyclic) bond motifs is 1. The molecular weight excluding hydrogens is 384 g/mol. The van der Waals surface area contributed by atoms with Crippen LogP contribution in [0.1, 0.15) is 35.1 Å². The predicted molar refractivity (Wildman–Crippen MR) is 117 cm³/mol. The Bertz CT molecular complexity index is 956. The van der Waals surface area contributed by atoms with Gasteiger partial charge in [-0.15, -0.1) is 11.3 Å². The van der Waals surface area contributed by atoms with Crippen molar-refractivity contribution in [1.82, 2.24) is 4.98 Å². The Kier molecular flexibility index (Phi) is 6.13. The van der Waals surface area contributed by atoms with Crippen LogP contribution >= 0.6 is 11.3 Å². The summed E-state index contributed by atoms with van der Waals surface area (Å²) in [5, 5.41) is 11.2. The van der Waals surface area contributed by atoms with Crippen LogP contribution in [-0.4, -0.2) is 31.0 Å². The van der Waals surface area contributed by atoms with Crippen molar-refractivity contribution in [1.29, 1.82) is 0 Å². The quantitative estimate of drug-likeness (QED) is 0.448. The lowest BCUT2D eigenvalue weighted by molar-refractivity contribution is 0.00539. The average molecular weight is 411 g/mol. The maximum absolute atomic E-state index is 10.3. The lowest BCUT2D eigenvalue weighted by atomic mass is 10.0. The van der Waals surface area contributed by atoms with Crippen LogP contribution in [0.5, 0.6) is 5.75 Å². The van der Waals surface area contributed by atoms with Crippen LogP contribution in [0.2, 0.25) is 0 Å². The Morgan fingerprint density at radius 3 is 2.76 bits per heavy atom. The number of aliphatic hydroxyl groups is 1. The molecule has 0 aliphatic heterocycles. The van der Waals surface area contributed by atoms with Gasteiger partial charge in [0.2, 0.25) is 0 Å². The number of nitrogens with zero attached hydrogens (tertiary/aromatic N) is 2. The van der Waals surface area contributed by atoms with Crippen LogP contribution in [0.3, 0.4) is 0 Å². The summed E-state index contributed by atoms with van der Waals surface area (Å²) in [4.78, 5) is 7.84. The third-order valence-electron chi connectivity index (χ3n) is 5.04. The minimum absolute atomic E-state index is 0.159. The molecule has 0 spiro atoms. The van der Waals surface area contributed by atoms with Gasteiger partial charge < -0.3 is 19.5 Å². The van der Waals surface area contributed by atoms with E-state index in [-0.39, 0.29) is 6.79 Å². The summed E-state index contributed by atoms with van der Waals surface area (Å²) in [6.07, 6.45) is 2.32. The van der Waals surface area contributed by atoms with Gasteiger partial charge in [0.25, 0.3) is 0 Å². The van der Waals surface area contributed by atoms with Crippen molar-refractivity contribution in [2.75, 3.05) is 25.8 Å². The van der Waals surface area contributed by atoms with Crippen LogP contribution in [0, 0.1) is 0 Å². The van der Waals surface area contributed by atoms with Crippen LogP contribution in [-0.2, 0) is 17.8 Å².